The van der Waals surface area contributed by atoms with Crippen LogP contribution in [0.5, 0.6) is 17.2 Å². The topological polar surface area (TPSA) is 71.1 Å². The Morgan fingerprint density at radius 3 is 2.41 bits per heavy atom. The van der Waals surface area contributed by atoms with Gasteiger partial charge in [0, 0.05) is 11.6 Å². The van der Waals surface area contributed by atoms with Crippen LogP contribution < -0.4 is 14.2 Å². The first-order valence-electron chi connectivity index (χ1n) is 8.80. The third-order valence-corrected chi connectivity index (χ3v) is 4.00. The van der Waals surface area contributed by atoms with E-state index in [1.54, 1.807) is 18.2 Å². The van der Waals surface area contributed by atoms with Crippen LogP contribution in [0.4, 0.5) is 8.78 Å². The van der Waals surface area contributed by atoms with Crippen molar-refractivity contribution in [3.8, 4) is 17.2 Å². The minimum Gasteiger partial charge on any atom is -0.486 e. The molecule has 2 aromatic carbocycles. The average Bonchev–Trinajstić information content (AvgIpc) is 2.71. The van der Waals surface area contributed by atoms with Crippen molar-refractivity contribution in [1.29, 1.82) is 0 Å². The Bertz CT molecular complexity index is 908. The second-order valence-corrected chi connectivity index (χ2v) is 6.08. The highest BCUT2D eigenvalue weighted by atomic mass is 19.3. The molecule has 8 heteroatoms. The summed E-state index contributed by atoms with van der Waals surface area (Å²) >= 11 is 0. The summed E-state index contributed by atoms with van der Waals surface area (Å²) in [6.45, 7) is -0.571. The lowest BCUT2D eigenvalue weighted by atomic mass is 10.1. The summed E-state index contributed by atoms with van der Waals surface area (Å²) < 4.78 is 44.6. The molecule has 0 N–H and O–H groups in total. The molecular weight excluding hydrogens is 386 g/mol. The molecule has 0 radical (unpaired) electrons. The summed E-state index contributed by atoms with van der Waals surface area (Å²) in [6.07, 6.45) is 1.69. The van der Waals surface area contributed by atoms with Crippen molar-refractivity contribution in [2.45, 2.75) is 19.6 Å². The van der Waals surface area contributed by atoms with Crippen LogP contribution in [0.1, 0.15) is 22.8 Å². The van der Waals surface area contributed by atoms with Gasteiger partial charge in [0.15, 0.2) is 17.6 Å². The Labute approximate surface area is 165 Å². The molecule has 0 amide bonds. The van der Waals surface area contributed by atoms with Crippen molar-refractivity contribution >= 4 is 17.8 Å². The van der Waals surface area contributed by atoms with Gasteiger partial charge in [-0.1, -0.05) is 6.07 Å². The number of rotatable bonds is 7. The molecule has 0 spiro atoms. The predicted molar refractivity (Wildman–Crippen MR) is 99.4 cm³/mol. The number of hydrogen-bond donors (Lipinski definition) is 0. The van der Waals surface area contributed by atoms with Crippen LogP contribution in [0.2, 0.25) is 0 Å². The first-order valence-corrected chi connectivity index (χ1v) is 8.80. The van der Waals surface area contributed by atoms with Gasteiger partial charge in [0.2, 0.25) is 5.78 Å². The van der Waals surface area contributed by atoms with Gasteiger partial charge < -0.3 is 18.9 Å². The van der Waals surface area contributed by atoms with Crippen LogP contribution >= 0.6 is 0 Å². The predicted octanol–water partition coefficient (Wildman–Crippen LogP) is 3.89. The summed E-state index contributed by atoms with van der Waals surface area (Å²) in [6, 6.07) is 10.4. The van der Waals surface area contributed by atoms with Gasteiger partial charge in [-0.25, -0.2) is 4.79 Å². The van der Waals surface area contributed by atoms with Crippen LogP contribution in [0.15, 0.2) is 48.5 Å². The number of Topliss-reactive ketones (excluding diaryl/α,β-unsaturated/α-hetero) is 1. The SMILES string of the molecule is C[C@H](OC(=O)/C=C/c1ccc2c(c1)OCCO2)C(=O)c1ccc(OC(F)F)cc1. The van der Waals surface area contributed by atoms with Gasteiger partial charge in [-0.2, -0.15) is 8.78 Å². The molecule has 0 aromatic heterocycles. The van der Waals surface area contributed by atoms with Gasteiger partial charge in [0.1, 0.15) is 19.0 Å². The fraction of sp³-hybridized carbons (Fsp3) is 0.238. The number of carbonyl (C=O) groups is 2. The lowest BCUT2D eigenvalue weighted by Crippen LogP contribution is -2.23. The van der Waals surface area contributed by atoms with Crippen LogP contribution in [0.3, 0.4) is 0 Å². The van der Waals surface area contributed by atoms with Gasteiger partial charge in [-0.3, -0.25) is 4.79 Å². The Morgan fingerprint density at radius 1 is 1.03 bits per heavy atom. The number of ether oxygens (including phenoxy) is 4. The number of halogens is 2. The Kier molecular flexibility index (Phi) is 6.43. The molecule has 0 fully saturated rings. The highest BCUT2D eigenvalue weighted by Crippen LogP contribution is 2.31. The molecule has 2 aromatic rings. The highest BCUT2D eigenvalue weighted by Gasteiger charge is 2.19. The molecule has 6 nitrogen and oxygen atoms in total. The zero-order chi connectivity index (χ0) is 20.8. The fourth-order valence-electron chi connectivity index (χ4n) is 2.63. The number of fused-ring (bicyclic) bond motifs is 1. The summed E-state index contributed by atoms with van der Waals surface area (Å²) in [5.74, 6) is 0.00590. The second-order valence-electron chi connectivity index (χ2n) is 6.08. The number of carbonyl (C=O) groups excluding carboxylic acids is 2. The van der Waals surface area contributed by atoms with E-state index in [1.807, 2.05) is 0 Å². The van der Waals surface area contributed by atoms with E-state index >= 15 is 0 Å². The Morgan fingerprint density at radius 2 is 1.72 bits per heavy atom. The van der Waals surface area contributed by atoms with Crippen LogP contribution in [-0.2, 0) is 9.53 Å². The number of ketones is 1. The molecule has 0 saturated heterocycles. The quantitative estimate of drug-likeness (QED) is 0.396. The summed E-state index contributed by atoms with van der Waals surface area (Å²) in [4.78, 5) is 24.3. The van der Waals surface area contributed by atoms with E-state index in [-0.39, 0.29) is 11.3 Å². The smallest absolute Gasteiger partial charge is 0.387 e. The highest BCUT2D eigenvalue weighted by molar-refractivity contribution is 6.01. The summed E-state index contributed by atoms with van der Waals surface area (Å²) in [5, 5.41) is 0. The first kappa shape index (κ1) is 20.3. The molecule has 0 aliphatic carbocycles. The number of hydrogen-bond acceptors (Lipinski definition) is 6. The van der Waals surface area contributed by atoms with Gasteiger partial charge in [0.05, 0.1) is 0 Å². The van der Waals surface area contributed by atoms with E-state index in [0.717, 1.165) is 0 Å². The molecule has 0 saturated carbocycles. The minimum absolute atomic E-state index is 0.0661. The molecule has 3 rings (SSSR count). The molecular formula is C21H18F2O6. The molecule has 1 atom stereocenters. The van der Waals surface area contributed by atoms with Crippen molar-refractivity contribution in [2.24, 2.45) is 0 Å². The number of alkyl halides is 2. The van der Waals surface area contributed by atoms with Gasteiger partial charge in [-0.15, -0.1) is 0 Å². The van der Waals surface area contributed by atoms with Gasteiger partial charge in [-0.05, 0) is 55.0 Å². The molecule has 1 aliphatic rings. The summed E-state index contributed by atoms with van der Waals surface area (Å²) in [7, 11) is 0. The molecule has 1 aliphatic heterocycles. The maximum atomic E-state index is 12.3. The van der Waals surface area contributed by atoms with E-state index in [2.05, 4.69) is 4.74 Å². The number of benzene rings is 2. The lowest BCUT2D eigenvalue weighted by Gasteiger charge is -2.18. The van der Waals surface area contributed by atoms with E-state index in [4.69, 9.17) is 14.2 Å². The monoisotopic (exact) mass is 404 g/mol. The molecule has 1 heterocycles. The van der Waals surface area contributed by atoms with E-state index < -0.39 is 24.5 Å². The van der Waals surface area contributed by atoms with Crippen LogP contribution in [-0.4, -0.2) is 37.7 Å². The molecule has 152 valence electrons. The largest absolute Gasteiger partial charge is 0.486 e. The second kappa shape index (κ2) is 9.18. The van der Waals surface area contributed by atoms with Crippen molar-refractivity contribution in [3.05, 3.63) is 59.7 Å². The first-order chi connectivity index (χ1) is 13.9. The van der Waals surface area contributed by atoms with Crippen molar-refractivity contribution in [2.75, 3.05) is 13.2 Å². The van der Waals surface area contributed by atoms with E-state index in [9.17, 15) is 18.4 Å². The standard InChI is InChI=1S/C21H18F2O6/c1-13(20(25)15-4-6-16(7-5-15)29-21(22)23)28-19(24)9-3-14-2-8-17-18(12-14)27-11-10-26-17/h2-9,12-13,21H,10-11H2,1H3/b9-3+/t13-/m0/s1. The Balaban J connectivity index is 1.57. The third-order valence-electron chi connectivity index (χ3n) is 4.00. The van der Waals surface area contributed by atoms with E-state index in [0.29, 0.717) is 30.3 Å². The fourth-order valence-corrected chi connectivity index (χ4v) is 2.63. The summed E-state index contributed by atoms with van der Waals surface area (Å²) in [5.41, 5.74) is 0.919. The van der Waals surface area contributed by atoms with Crippen LogP contribution in [0, 0.1) is 0 Å². The zero-order valence-electron chi connectivity index (χ0n) is 15.5. The van der Waals surface area contributed by atoms with Crippen LogP contribution in [0.25, 0.3) is 6.08 Å². The van der Waals surface area contributed by atoms with Crippen molar-refractivity contribution in [3.63, 3.8) is 0 Å². The minimum atomic E-state index is -2.95. The number of esters is 1. The zero-order valence-corrected chi connectivity index (χ0v) is 15.5. The van der Waals surface area contributed by atoms with Gasteiger partial charge in [0.25, 0.3) is 0 Å². The molecule has 29 heavy (non-hydrogen) atoms. The van der Waals surface area contributed by atoms with E-state index in [1.165, 1.54) is 43.3 Å². The third kappa shape index (κ3) is 5.54. The maximum Gasteiger partial charge on any atom is 0.387 e. The van der Waals surface area contributed by atoms with Crippen molar-refractivity contribution < 1.29 is 37.3 Å². The lowest BCUT2D eigenvalue weighted by molar-refractivity contribution is -0.140. The normalized spacial score (nSPS) is 13.9. The van der Waals surface area contributed by atoms with Gasteiger partial charge >= 0.3 is 12.6 Å². The Hall–Kier alpha value is -3.42. The van der Waals surface area contributed by atoms with Crippen molar-refractivity contribution in [1.82, 2.24) is 0 Å². The maximum absolute atomic E-state index is 12.3. The molecule has 0 unspecified atom stereocenters. The average molecular weight is 404 g/mol. The molecule has 0 bridgehead atoms.